The highest BCUT2D eigenvalue weighted by Gasteiger charge is 1.90. The predicted molar refractivity (Wildman–Crippen MR) is 72.0 cm³/mol. The van der Waals surface area contributed by atoms with Crippen LogP contribution in [0.15, 0.2) is 54.9 Å². The van der Waals surface area contributed by atoms with Gasteiger partial charge in [-0.1, -0.05) is 30.3 Å². The zero-order chi connectivity index (χ0) is 12.8. The Kier molecular flexibility index (Phi) is 3.72. The summed E-state index contributed by atoms with van der Waals surface area (Å²) in [5.41, 5.74) is 3.92. The lowest BCUT2D eigenvalue weighted by atomic mass is 10.1. The summed E-state index contributed by atoms with van der Waals surface area (Å²) in [7, 11) is 0. The molecule has 88 valence electrons. The van der Waals surface area contributed by atoms with Crippen LogP contribution in [0.4, 0.5) is 0 Å². The summed E-state index contributed by atoms with van der Waals surface area (Å²) in [6.45, 7) is 1.93. The van der Waals surface area contributed by atoms with Gasteiger partial charge in [-0.15, -0.1) is 0 Å². The van der Waals surface area contributed by atoms with Gasteiger partial charge >= 0.3 is 0 Å². The number of nitrogens with one attached hydrogen (secondary N) is 1. The molecule has 18 heavy (non-hydrogen) atoms. The van der Waals surface area contributed by atoms with Gasteiger partial charge in [0, 0.05) is 0 Å². The molecule has 1 aromatic heterocycles. The quantitative estimate of drug-likeness (QED) is 0.649. The SMILES string of the molecule is Cc1ccccc1C#N.c1ccc2[nH]cnc2c1. The lowest BCUT2D eigenvalue weighted by molar-refractivity contribution is 1.34. The molecule has 0 atom stereocenters. The number of para-hydroxylation sites is 2. The molecule has 0 unspecified atom stereocenters. The van der Waals surface area contributed by atoms with Gasteiger partial charge in [-0.25, -0.2) is 4.98 Å². The minimum Gasteiger partial charge on any atom is -0.345 e. The standard InChI is InChI=1S/C8H7N.C7H6N2/c1-7-4-2-3-5-8(7)6-9;1-2-4-7-6(3-1)8-5-9-7/h2-5H,1H3;1-5H,(H,8,9). The van der Waals surface area contributed by atoms with Crippen molar-refractivity contribution in [1.29, 1.82) is 5.26 Å². The highest BCUT2D eigenvalue weighted by Crippen LogP contribution is 2.05. The number of aromatic nitrogens is 2. The van der Waals surface area contributed by atoms with E-state index in [2.05, 4.69) is 16.0 Å². The number of nitrogens with zero attached hydrogens (tertiary/aromatic N) is 2. The third-order valence-corrected chi connectivity index (χ3v) is 2.59. The zero-order valence-corrected chi connectivity index (χ0v) is 10.1. The summed E-state index contributed by atoms with van der Waals surface area (Å²) in [5, 5.41) is 8.47. The van der Waals surface area contributed by atoms with Gasteiger partial charge in [-0.3, -0.25) is 0 Å². The predicted octanol–water partition coefficient (Wildman–Crippen LogP) is 3.43. The van der Waals surface area contributed by atoms with E-state index in [1.165, 1.54) is 0 Å². The summed E-state index contributed by atoms with van der Waals surface area (Å²) in [5.74, 6) is 0. The molecule has 0 amide bonds. The molecule has 3 aromatic rings. The van der Waals surface area contributed by atoms with Crippen molar-refractivity contribution in [3.63, 3.8) is 0 Å². The first-order valence-corrected chi connectivity index (χ1v) is 5.65. The molecule has 3 nitrogen and oxygen atoms in total. The van der Waals surface area contributed by atoms with Gasteiger partial charge in [-0.05, 0) is 30.7 Å². The molecular formula is C15H13N3. The summed E-state index contributed by atoms with van der Waals surface area (Å²) in [6.07, 6.45) is 1.70. The van der Waals surface area contributed by atoms with Crippen LogP contribution in [-0.2, 0) is 0 Å². The van der Waals surface area contributed by atoms with Gasteiger partial charge in [0.1, 0.15) is 0 Å². The third kappa shape index (κ3) is 2.74. The average Bonchev–Trinajstić information content (AvgIpc) is 2.88. The molecule has 0 radical (unpaired) electrons. The number of hydrogen-bond acceptors (Lipinski definition) is 2. The lowest BCUT2D eigenvalue weighted by Gasteiger charge is -1.90. The molecule has 0 aliphatic carbocycles. The van der Waals surface area contributed by atoms with E-state index in [1.807, 2.05) is 55.5 Å². The topological polar surface area (TPSA) is 52.5 Å². The number of imidazole rings is 1. The second-order valence-corrected chi connectivity index (χ2v) is 3.85. The van der Waals surface area contributed by atoms with E-state index in [0.717, 1.165) is 22.2 Å². The number of benzene rings is 2. The van der Waals surface area contributed by atoms with E-state index in [-0.39, 0.29) is 0 Å². The van der Waals surface area contributed by atoms with E-state index >= 15 is 0 Å². The molecule has 1 N–H and O–H groups in total. The number of aryl methyl sites for hydroxylation is 1. The van der Waals surface area contributed by atoms with Gasteiger partial charge in [-0.2, -0.15) is 5.26 Å². The van der Waals surface area contributed by atoms with Gasteiger partial charge in [0.25, 0.3) is 0 Å². The van der Waals surface area contributed by atoms with Crippen LogP contribution in [-0.4, -0.2) is 9.97 Å². The fraction of sp³-hybridized carbons (Fsp3) is 0.0667. The van der Waals surface area contributed by atoms with Crippen molar-refractivity contribution in [1.82, 2.24) is 9.97 Å². The van der Waals surface area contributed by atoms with Gasteiger partial charge in [0.2, 0.25) is 0 Å². The summed E-state index contributed by atoms with van der Waals surface area (Å²) in [6, 6.07) is 17.6. The minimum absolute atomic E-state index is 0.762. The number of hydrogen-bond donors (Lipinski definition) is 1. The highest BCUT2D eigenvalue weighted by atomic mass is 14.9. The smallest absolute Gasteiger partial charge is 0.0994 e. The maximum Gasteiger partial charge on any atom is 0.0994 e. The number of fused-ring (bicyclic) bond motifs is 1. The van der Waals surface area contributed by atoms with E-state index in [9.17, 15) is 0 Å². The van der Waals surface area contributed by atoms with Crippen molar-refractivity contribution in [2.45, 2.75) is 6.92 Å². The summed E-state index contributed by atoms with van der Waals surface area (Å²) < 4.78 is 0. The van der Waals surface area contributed by atoms with Crippen LogP contribution in [0.1, 0.15) is 11.1 Å². The molecule has 3 rings (SSSR count). The van der Waals surface area contributed by atoms with E-state index in [1.54, 1.807) is 6.33 Å². The second kappa shape index (κ2) is 5.65. The van der Waals surface area contributed by atoms with Crippen LogP contribution < -0.4 is 0 Å². The Labute approximate surface area is 106 Å². The van der Waals surface area contributed by atoms with E-state index < -0.39 is 0 Å². The second-order valence-electron chi connectivity index (χ2n) is 3.85. The molecule has 0 bridgehead atoms. The van der Waals surface area contributed by atoms with Crippen molar-refractivity contribution in [3.05, 3.63) is 66.0 Å². The van der Waals surface area contributed by atoms with Crippen LogP contribution in [0.5, 0.6) is 0 Å². The van der Waals surface area contributed by atoms with Crippen molar-refractivity contribution < 1.29 is 0 Å². The molecule has 0 aliphatic heterocycles. The summed E-state index contributed by atoms with van der Waals surface area (Å²) in [4.78, 5) is 7.07. The van der Waals surface area contributed by atoms with E-state index in [0.29, 0.717) is 0 Å². The lowest BCUT2D eigenvalue weighted by Crippen LogP contribution is -1.77. The van der Waals surface area contributed by atoms with E-state index in [4.69, 9.17) is 5.26 Å². The maximum atomic E-state index is 8.47. The normalized spacial score (nSPS) is 9.33. The Morgan fingerprint density at radius 2 is 1.78 bits per heavy atom. The average molecular weight is 235 g/mol. The molecule has 2 aromatic carbocycles. The fourth-order valence-electron chi connectivity index (χ4n) is 1.58. The summed E-state index contributed by atoms with van der Waals surface area (Å²) >= 11 is 0. The Hall–Kier alpha value is -2.60. The van der Waals surface area contributed by atoms with Crippen LogP contribution in [0.25, 0.3) is 11.0 Å². The number of H-pyrrole nitrogens is 1. The third-order valence-electron chi connectivity index (χ3n) is 2.59. The van der Waals surface area contributed by atoms with Crippen LogP contribution in [0, 0.1) is 18.3 Å². The van der Waals surface area contributed by atoms with Crippen molar-refractivity contribution >= 4 is 11.0 Å². The number of rotatable bonds is 0. The Bertz CT molecular complexity index is 647. The van der Waals surface area contributed by atoms with Gasteiger partial charge < -0.3 is 4.98 Å². The molecule has 0 spiro atoms. The molecule has 0 saturated carbocycles. The Morgan fingerprint density at radius 3 is 2.44 bits per heavy atom. The van der Waals surface area contributed by atoms with Crippen LogP contribution in [0.3, 0.4) is 0 Å². The van der Waals surface area contributed by atoms with Crippen LogP contribution in [0.2, 0.25) is 0 Å². The van der Waals surface area contributed by atoms with Gasteiger partial charge in [0.05, 0.1) is 29.0 Å². The van der Waals surface area contributed by atoms with Crippen molar-refractivity contribution in [2.24, 2.45) is 0 Å². The number of aromatic amines is 1. The molecule has 0 fully saturated rings. The maximum absolute atomic E-state index is 8.47. The zero-order valence-electron chi connectivity index (χ0n) is 10.1. The molecule has 3 heteroatoms. The first-order chi connectivity index (χ1) is 8.81. The largest absolute Gasteiger partial charge is 0.345 e. The molecular weight excluding hydrogens is 222 g/mol. The minimum atomic E-state index is 0.762. The Morgan fingerprint density at radius 1 is 1.06 bits per heavy atom. The highest BCUT2D eigenvalue weighted by molar-refractivity contribution is 5.73. The van der Waals surface area contributed by atoms with Crippen molar-refractivity contribution in [2.75, 3.05) is 0 Å². The molecule has 0 aliphatic rings. The monoisotopic (exact) mass is 235 g/mol. The first kappa shape index (κ1) is 11.9. The molecule has 0 saturated heterocycles. The first-order valence-electron chi connectivity index (χ1n) is 5.65. The molecule has 1 heterocycles. The van der Waals surface area contributed by atoms with Crippen molar-refractivity contribution in [3.8, 4) is 6.07 Å². The van der Waals surface area contributed by atoms with Gasteiger partial charge in [0.15, 0.2) is 0 Å². The van der Waals surface area contributed by atoms with Crippen LogP contribution >= 0.6 is 0 Å². The Balaban J connectivity index is 0.000000134. The fourth-order valence-corrected chi connectivity index (χ4v) is 1.58. The number of nitriles is 1.